The van der Waals surface area contributed by atoms with Gasteiger partial charge in [-0.15, -0.1) is 0 Å². The van der Waals surface area contributed by atoms with Gasteiger partial charge in [0.15, 0.2) is 0 Å². The van der Waals surface area contributed by atoms with Gasteiger partial charge in [-0.25, -0.2) is 0 Å². The van der Waals surface area contributed by atoms with E-state index in [2.05, 4.69) is 0 Å². The molecule has 0 heterocycles. The van der Waals surface area contributed by atoms with Crippen molar-refractivity contribution < 1.29 is 140 Å². The predicted molar refractivity (Wildman–Crippen MR) is 0 cm³/mol. The second-order valence-corrected chi connectivity index (χ2v) is 0. The van der Waals surface area contributed by atoms with E-state index in [0.29, 0.717) is 0 Å². The molecule has 0 aromatic rings. The maximum absolute atomic E-state index is 0. The van der Waals surface area contributed by atoms with Crippen LogP contribution in [0.3, 0.4) is 0 Å². The minimum Gasteiger partial charge on any atom is 2.00 e. The summed E-state index contributed by atoms with van der Waals surface area (Å²) in [6.45, 7) is 0. The van der Waals surface area contributed by atoms with Crippen LogP contribution in [0.5, 0.6) is 0 Å². The molecular formula is CoNiPdPtTaTiW+14. The molecule has 0 aromatic carbocycles. The average molecular weight is 832 g/mol. The van der Waals surface area contributed by atoms with Crippen LogP contribution in [0.4, 0.5) is 0 Å². The number of hydrogen-bond acceptors (Lipinski definition) is 0. The molecule has 0 bridgehead atoms. The van der Waals surface area contributed by atoms with Gasteiger partial charge in [0.2, 0.25) is 0 Å². The van der Waals surface area contributed by atoms with E-state index < -0.39 is 0 Å². The van der Waals surface area contributed by atoms with Crippen LogP contribution in [-0.4, -0.2) is 0 Å². The summed E-state index contributed by atoms with van der Waals surface area (Å²) in [5.74, 6) is 0. The Balaban J connectivity index is 0. The van der Waals surface area contributed by atoms with Crippen LogP contribution in [0.15, 0.2) is 0 Å². The summed E-state index contributed by atoms with van der Waals surface area (Å²) in [6, 6.07) is 0. The summed E-state index contributed by atoms with van der Waals surface area (Å²) in [4.78, 5) is 0. The zero-order valence-electron chi connectivity index (χ0n) is 2.64. The smallest absolute Gasteiger partial charge is 2.00 e. The molecule has 0 aliphatic rings. The van der Waals surface area contributed by atoms with Crippen LogP contribution in [0.1, 0.15) is 0 Å². The summed E-state index contributed by atoms with van der Waals surface area (Å²) in [6.07, 6.45) is 0. The molecule has 0 spiro atoms. The molecule has 0 amide bonds. The van der Waals surface area contributed by atoms with E-state index >= 15 is 0 Å². The van der Waals surface area contributed by atoms with E-state index in [1.54, 1.807) is 0 Å². The average Bonchev–Trinajstić information content (AvgIpc) is 0. The first kappa shape index (κ1) is 62.7. The molecule has 0 fully saturated rings. The summed E-state index contributed by atoms with van der Waals surface area (Å²) < 4.78 is 0. The van der Waals surface area contributed by atoms with Crippen LogP contribution in [0, 0.1) is 0 Å². The summed E-state index contributed by atoms with van der Waals surface area (Å²) in [5.41, 5.74) is 0. The van der Waals surface area contributed by atoms with Gasteiger partial charge in [0.25, 0.3) is 0 Å². The molecule has 0 N–H and O–H groups in total. The van der Waals surface area contributed by atoms with Crippen LogP contribution in [0.25, 0.3) is 0 Å². The van der Waals surface area contributed by atoms with Crippen molar-refractivity contribution in [2.24, 2.45) is 0 Å². The molecule has 0 aromatic heterocycles. The van der Waals surface area contributed by atoms with Crippen LogP contribution in [0.2, 0.25) is 0 Å². The van der Waals surface area contributed by atoms with Crippen molar-refractivity contribution in [3.05, 3.63) is 0 Å². The first-order valence-corrected chi connectivity index (χ1v) is 0. The molecule has 0 aliphatic carbocycles. The number of rotatable bonds is 0. The van der Waals surface area contributed by atoms with Crippen LogP contribution >= 0.6 is 0 Å². The SMILES string of the molecule is [Co+2].[Ni+2].[Pd+2].[Pt+2].[Ta+2].[Ti+2].[W+2]. The maximum atomic E-state index is 0. The van der Waals surface area contributed by atoms with E-state index in [1.807, 2.05) is 0 Å². The molecule has 40 valence electrons. The van der Waals surface area contributed by atoms with Gasteiger partial charge in [-0.2, -0.15) is 0 Å². The standard InChI is InChI=1S/Co.Ni.Pd.Pt.Ta.Ti.W/q7*+2. The summed E-state index contributed by atoms with van der Waals surface area (Å²) in [7, 11) is 0. The minimum absolute atomic E-state index is 0. The van der Waals surface area contributed by atoms with Gasteiger partial charge in [-0.1, -0.05) is 0 Å². The zero-order valence-corrected chi connectivity index (χ0v) is 16.2. The third kappa shape index (κ3) is 37.5. The predicted octanol–water partition coefficient (Wildman–Crippen LogP) is -0.0175. The van der Waals surface area contributed by atoms with E-state index in [4.69, 9.17) is 0 Å². The molecule has 0 unspecified atom stereocenters. The van der Waals surface area contributed by atoms with Crippen molar-refractivity contribution in [1.82, 2.24) is 0 Å². The van der Waals surface area contributed by atoms with Crippen molar-refractivity contribution in [3.63, 3.8) is 0 Å². The van der Waals surface area contributed by atoms with Crippen molar-refractivity contribution >= 4 is 0 Å². The first-order chi connectivity index (χ1) is 0. The maximum Gasteiger partial charge on any atom is 2.00 e. The van der Waals surface area contributed by atoms with Crippen molar-refractivity contribution in [2.45, 2.75) is 0 Å². The third-order valence-corrected chi connectivity index (χ3v) is 0. The third-order valence-electron chi connectivity index (χ3n) is 0. The fourth-order valence-electron chi connectivity index (χ4n) is 0. The van der Waals surface area contributed by atoms with E-state index in [-0.39, 0.29) is 140 Å². The fourth-order valence-corrected chi connectivity index (χ4v) is 0. The molecule has 0 atom stereocenters. The molecule has 0 saturated carbocycles. The molecule has 7 heteroatoms. The fraction of sp³-hybridized carbons (Fsp3) is 0. The Bertz CT molecular complexity index is 19.7. The molecular weight excluding hydrogens is 832 g/mol. The van der Waals surface area contributed by atoms with Gasteiger partial charge >= 0.3 is 140 Å². The normalized spacial score (nSPS) is 0. The Morgan fingerprint density at radius 2 is 1.00 bits per heavy atom. The molecule has 0 saturated heterocycles. The summed E-state index contributed by atoms with van der Waals surface area (Å²) in [5, 5.41) is 0. The monoisotopic (exact) mass is 831 g/mol. The second kappa shape index (κ2) is 46.8. The summed E-state index contributed by atoms with van der Waals surface area (Å²) >= 11 is 0. The van der Waals surface area contributed by atoms with Gasteiger partial charge in [0, 0.05) is 0 Å². The minimum atomic E-state index is 0. The van der Waals surface area contributed by atoms with Gasteiger partial charge in [0.05, 0.1) is 0 Å². The Morgan fingerprint density at radius 3 is 1.00 bits per heavy atom. The van der Waals surface area contributed by atoms with E-state index in [1.165, 1.54) is 0 Å². The Labute approximate surface area is 137 Å². The van der Waals surface area contributed by atoms with Crippen molar-refractivity contribution in [3.8, 4) is 0 Å². The first-order valence-electron chi connectivity index (χ1n) is 0. The van der Waals surface area contributed by atoms with Gasteiger partial charge < -0.3 is 0 Å². The van der Waals surface area contributed by atoms with Crippen molar-refractivity contribution in [1.29, 1.82) is 0 Å². The molecule has 0 rings (SSSR count). The van der Waals surface area contributed by atoms with E-state index in [0.717, 1.165) is 0 Å². The Hall–Kier alpha value is 4.49. The second-order valence-electron chi connectivity index (χ2n) is 0. The zero-order chi connectivity index (χ0) is 0. The van der Waals surface area contributed by atoms with Crippen LogP contribution < -0.4 is 0 Å². The molecule has 0 aliphatic heterocycles. The number of hydrogen-bond donors (Lipinski definition) is 0. The van der Waals surface area contributed by atoms with Gasteiger partial charge in [0.1, 0.15) is 0 Å². The molecule has 0 nitrogen and oxygen atoms in total. The largest absolute Gasteiger partial charge is 2.00 e. The topological polar surface area (TPSA) is 0 Å². The van der Waals surface area contributed by atoms with E-state index in [9.17, 15) is 0 Å². The van der Waals surface area contributed by atoms with Crippen molar-refractivity contribution in [2.75, 3.05) is 0 Å². The Kier molecular flexibility index (Phi) is 419. The van der Waals surface area contributed by atoms with Crippen LogP contribution in [-0.2, 0) is 140 Å². The molecule has 7 heavy (non-hydrogen) atoms. The Morgan fingerprint density at radius 1 is 1.00 bits per heavy atom. The quantitative estimate of drug-likeness (QED) is 0.302. The van der Waals surface area contributed by atoms with Gasteiger partial charge in [-0.05, 0) is 0 Å². The molecule has 2 radical (unpaired) electrons. The van der Waals surface area contributed by atoms with Gasteiger partial charge in [-0.3, -0.25) is 0 Å².